The van der Waals surface area contributed by atoms with E-state index in [1.807, 2.05) is 59.9 Å². The first-order valence-corrected chi connectivity index (χ1v) is 23.6. The van der Waals surface area contributed by atoms with Crippen molar-refractivity contribution in [2.75, 3.05) is 0 Å². The molecule has 0 atom stereocenters. The van der Waals surface area contributed by atoms with Gasteiger partial charge < -0.3 is 13.4 Å². The van der Waals surface area contributed by atoms with Crippen LogP contribution >= 0.6 is 11.3 Å². The van der Waals surface area contributed by atoms with Crippen LogP contribution in [0.25, 0.3) is 148 Å². The third-order valence-corrected chi connectivity index (χ3v) is 14.8. The second-order valence-corrected chi connectivity index (χ2v) is 18.6. The highest BCUT2D eigenvalue weighted by Gasteiger charge is 2.22. The summed E-state index contributed by atoms with van der Waals surface area (Å²) in [5.74, 6) is 1.71. The smallest absolute Gasteiger partial charge is 0.164 e. The zero-order chi connectivity index (χ0) is 44.5. The maximum atomic E-state index is 6.27. The van der Waals surface area contributed by atoms with Gasteiger partial charge in [-0.2, -0.15) is 0 Å². The third-order valence-electron chi connectivity index (χ3n) is 13.6. The summed E-state index contributed by atoms with van der Waals surface area (Å²) in [6.07, 6.45) is 0. The quantitative estimate of drug-likeness (QED) is 0.172. The zero-order valence-corrected chi connectivity index (χ0v) is 37.0. The Bertz CT molecular complexity index is 4460. The van der Waals surface area contributed by atoms with E-state index in [1.165, 1.54) is 41.7 Å². The average molecular weight is 887 g/mol. The van der Waals surface area contributed by atoms with Crippen molar-refractivity contribution in [3.05, 3.63) is 206 Å². The molecule has 6 nitrogen and oxygen atoms in total. The minimum absolute atomic E-state index is 0.567. The fourth-order valence-corrected chi connectivity index (χ4v) is 11.6. The van der Waals surface area contributed by atoms with E-state index in [0.717, 1.165) is 88.4 Å². The summed E-state index contributed by atoms with van der Waals surface area (Å²) in [4.78, 5) is 16.2. The first-order chi connectivity index (χ1) is 33.7. The Morgan fingerprint density at radius 1 is 0.338 bits per heavy atom. The van der Waals surface area contributed by atoms with Crippen LogP contribution in [0.1, 0.15) is 0 Å². The molecule has 0 amide bonds. The molecule has 0 bridgehead atoms. The molecule has 0 fully saturated rings. The molecule has 15 aromatic rings. The van der Waals surface area contributed by atoms with Crippen molar-refractivity contribution in [2.24, 2.45) is 0 Å². The fraction of sp³-hybridized carbons (Fsp3) is 0. The van der Waals surface area contributed by atoms with Gasteiger partial charge in [-0.3, -0.25) is 0 Å². The second kappa shape index (κ2) is 14.3. The number of thiophene rings is 1. The molecule has 5 heterocycles. The van der Waals surface area contributed by atoms with Crippen LogP contribution in [0.15, 0.2) is 215 Å². The molecule has 5 aromatic heterocycles. The maximum absolute atomic E-state index is 6.27. The maximum Gasteiger partial charge on any atom is 0.164 e. The highest BCUT2D eigenvalue weighted by Crippen LogP contribution is 2.45. The largest absolute Gasteiger partial charge is 0.456 e. The molecular formula is C61H34N4O2S. The van der Waals surface area contributed by atoms with Gasteiger partial charge in [-0.25, -0.2) is 15.0 Å². The SMILES string of the molecule is c1ccc2cc3c(cc2c1)c1ccccc1n3-c1ccc(-c2nc(-c3ccc4oc5ccccc5c4c3)nc(-c3ccc4oc5ccccc5c4c3)n2)c(-c2cccc3sc4ccccc4c23)c1. The van der Waals surface area contributed by atoms with Crippen LogP contribution < -0.4 is 0 Å². The highest BCUT2D eigenvalue weighted by molar-refractivity contribution is 7.25. The molecule has 0 saturated heterocycles. The Morgan fingerprint density at radius 2 is 0.912 bits per heavy atom. The van der Waals surface area contributed by atoms with Gasteiger partial charge in [0.15, 0.2) is 17.5 Å². The number of furan rings is 2. The van der Waals surface area contributed by atoms with Crippen molar-refractivity contribution >= 4 is 108 Å². The van der Waals surface area contributed by atoms with Crippen LogP contribution in [0.2, 0.25) is 0 Å². The molecule has 15 rings (SSSR count). The van der Waals surface area contributed by atoms with Gasteiger partial charge in [0.25, 0.3) is 0 Å². The van der Waals surface area contributed by atoms with E-state index in [0.29, 0.717) is 17.5 Å². The average Bonchev–Trinajstić information content (AvgIpc) is 4.16. The lowest BCUT2D eigenvalue weighted by molar-refractivity contribution is 0.668. The van der Waals surface area contributed by atoms with Crippen LogP contribution in [0.4, 0.5) is 0 Å². The predicted octanol–water partition coefficient (Wildman–Crippen LogP) is 17.0. The first kappa shape index (κ1) is 37.3. The van der Waals surface area contributed by atoms with E-state index < -0.39 is 0 Å². The van der Waals surface area contributed by atoms with Gasteiger partial charge in [0.05, 0.1) is 11.0 Å². The lowest BCUT2D eigenvalue weighted by Gasteiger charge is -2.16. The number of benzene rings is 10. The summed E-state index contributed by atoms with van der Waals surface area (Å²) in [5, 5.41) is 11.4. The normalized spacial score (nSPS) is 12.1. The van der Waals surface area contributed by atoms with Crippen LogP contribution in [0.5, 0.6) is 0 Å². The van der Waals surface area contributed by atoms with E-state index in [-0.39, 0.29) is 0 Å². The molecule has 0 aliphatic carbocycles. The van der Waals surface area contributed by atoms with Gasteiger partial charge in [-0.1, -0.05) is 109 Å². The molecule has 0 radical (unpaired) electrons. The monoisotopic (exact) mass is 886 g/mol. The van der Waals surface area contributed by atoms with Gasteiger partial charge in [0, 0.05) is 74.9 Å². The number of aromatic nitrogens is 4. The van der Waals surface area contributed by atoms with Crippen molar-refractivity contribution in [3.63, 3.8) is 0 Å². The van der Waals surface area contributed by atoms with Crippen LogP contribution in [0, 0.1) is 0 Å². The predicted molar refractivity (Wildman–Crippen MR) is 281 cm³/mol. The first-order valence-electron chi connectivity index (χ1n) is 22.7. The van der Waals surface area contributed by atoms with E-state index in [1.54, 1.807) is 0 Å². The highest BCUT2D eigenvalue weighted by atomic mass is 32.1. The van der Waals surface area contributed by atoms with E-state index >= 15 is 0 Å². The zero-order valence-electron chi connectivity index (χ0n) is 36.1. The third kappa shape index (κ3) is 5.60. The molecule has 7 heteroatoms. The molecule has 0 N–H and O–H groups in total. The minimum atomic E-state index is 0.567. The summed E-state index contributed by atoms with van der Waals surface area (Å²) >= 11 is 1.82. The Labute approximate surface area is 391 Å². The molecule has 10 aromatic carbocycles. The summed E-state index contributed by atoms with van der Waals surface area (Å²) in [6.45, 7) is 0. The number of hydrogen-bond donors (Lipinski definition) is 0. The van der Waals surface area contributed by atoms with Crippen molar-refractivity contribution in [1.82, 2.24) is 19.5 Å². The van der Waals surface area contributed by atoms with Crippen molar-refractivity contribution in [2.45, 2.75) is 0 Å². The van der Waals surface area contributed by atoms with Crippen molar-refractivity contribution < 1.29 is 8.83 Å². The number of nitrogens with zero attached hydrogens (tertiary/aromatic N) is 4. The van der Waals surface area contributed by atoms with Crippen molar-refractivity contribution in [1.29, 1.82) is 0 Å². The van der Waals surface area contributed by atoms with Gasteiger partial charge in [-0.15, -0.1) is 11.3 Å². The molecule has 0 saturated carbocycles. The lowest BCUT2D eigenvalue weighted by Crippen LogP contribution is -2.02. The summed E-state index contributed by atoms with van der Waals surface area (Å²) in [7, 11) is 0. The number of rotatable bonds is 5. The second-order valence-electron chi connectivity index (χ2n) is 17.5. The van der Waals surface area contributed by atoms with Gasteiger partial charge in [0.1, 0.15) is 22.3 Å². The summed E-state index contributed by atoms with van der Waals surface area (Å²) in [6, 6.07) is 72.9. The molecule has 68 heavy (non-hydrogen) atoms. The fourth-order valence-electron chi connectivity index (χ4n) is 10.5. The Morgan fingerprint density at radius 3 is 1.63 bits per heavy atom. The van der Waals surface area contributed by atoms with E-state index in [4.69, 9.17) is 23.8 Å². The van der Waals surface area contributed by atoms with E-state index in [9.17, 15) is 0 Å². The topological polar surface area (TPSA) is 69.9 Å². The van der Waals surface area contributed by atoms with Gasteiger partial charge >= 0.3 is 0 Å². The van der Waals surface area contributed by atoms with Gasteiger partial charge in [-0.05, 0) is 119 Å². The molecule has 0 aliphatic rings. The van der Waals surface area contributed by atoms with Crippen LogP contribution in [-0.2, 0) is 0 Å². The van der Waals surface area contributed by atoms with Gasteiger partial charge in [0.2, 0.25) is 0 Å². The number of fused-ring (bicyclic) bond motifs is 13. The Kier molecular flexibility index (Phi) is 7.85. The molecule has 0 unspecified atom stereocenters. The summed E-state index contributed by atoms with van der Waals surface area (Å²) < 4.78 is 17.4. The van der Waals surface area contributed by atoms with E-state index in [2.05, 4.69) is 162 Å². The number of para-hydroxylation sites is 3. The molecule has 0 aliphatic heterocycles. The lowest BCUT2D eigenvalue weighted by atomic mass is 9.94. The molecule has 0 spiro atoms. The Balaban J connectivity index is 1.02. The van der Waals surface area contributed by atoms with Crippen LogP contribution in [0.3, 0.4) is 0 Å². The van der Waals surface area contributed by atoms with Crippen LogP contribution in [-0.4, -0.2) is 19.5 Å². The minimum Gasteiger partial charge on any atom is -0.456 e. The Hall–Kier alpha value is -8.91. The summed E-state index contributed by atoms with van der Waals surface area (Å²) in [5.41, 5.74) is 11.4. The standard InChI is InChI=1S/C61H34N4O2S/c1-2-13-36-33-51-47(30-35(36)12-1)40-14-3-7-19-50(40)65(51)39-26-27-44(46(34-39)43-18-11-23-57-58(43)45-17-6-10-22-56(45)68-57)61-63-59(37-24-28-54-48(31-37)41-15-4-8-20-52(41)66-54)62-60(64-61)38-25-29-55-49(32-38)42-16-5-9-21-53(42)67-55/h1-34H. The molecule has 316 valence electrons. The van der Waals surface area contributed by atoms with Crippen molar-refractivity contribution in [3.8, 4) is 51.0 Å². The molecular weight excluding hydrogens is 853 g/mol. The number of hydrogen-bond acceptors (Lipinski definition) is 6.